The molecular weight excluding hydrogens is 236 g/mol. The molecule has 1 aliphatic rings. The molecule has 17 heavy (non-hydrogen) atoms. The summed E-state index contributed by atoms with van der Waals surface area (Å²) in [6.45, 7) is 3.12. The summed E-state index contributed by atoms with van der Waals surface area (Å²) in [5.41, 5.74) is 1.16. The van der Waals surface area contributed by atoms with E-state index < -0.39 is 0 Å². The lowest BCUT2D eigenvalue weighted by atomic mass is 10.2. The predicted molar refractivity (Wildman–Crippen MR) is 70.7 cm³/mol. The van der Waals surface area contributed by atoms with Gasteiger partial charge in [-0.3, -0.25) is 4.90 Å². The minimum Gasteiger partial charge on any atom is -0.496 e. The number of methoxy groups -OCH3 is 1. The van der Waals surface area contributed by atoms with Gasteiger partial charge < -0.3 is 10.1 Å². The fourth-order valence-corrected chi connectivity index (χ4v) is 2.52. The average Bonchev–Trinajstić information content (AvgIpc) is 2.77. The van der Waals surface area contributed by atoms with Gasteiger partial charge in [0.25, 0.3) is 0 Å². The smallest absolute Gasteiger partial charge is 0.123 e. The molecular formula is C13H19ClN2O. The van der Waals surface area contributed by atoms with Gasteiger partial charge in [0, 0.05) is 36.3 Å². The van der Waals surface area contributed by atoms with E-state index in [0.29, 0.717) is 6.04 Å². The first-order valence-electron chi connectivity index (χ1n) is 5.95. The van der Waals surface area contributed by atoms with Crippen LogP contribution in [-0.4, -0.2) is 38.2 Å². The summed E-state index contributed by atoms with van der Waals surface area (Å²) in [7, 11) is 3.72. The minimum absolute atomic E-state index is 0.611. The lowest BCUT2D eigenvalue weighted by Gasteiger charge is -2.18. The van der Waals surface area contributed by atoms with E-state index in [1.54, 1.807) is 7.11 Å². The Morgan fingerprint density at radius 2 is 2.35 bits per heavy atom. The Balaban J connectivity index is 2.05. The molecule has 2 rings (SSSR count). The standard InChI is InChI=1S/C13H19ClN2O/c1-15-12-5-6-16(9-12)8-10-7-11(14)3-4-13(10)17-2/h3-4,7,12,15H,5-6,8-9H2,1-2H3. The van der Waals surface area contributed by atoms with E-state index in [-0.39, 0.29) is 0 Å². The molecule has 1 atom stereocenters. The first kappa shape index (κ1) is 12.7. The summed E-state index contributed by atoms with van der Waals surface area (Å²) in [5.74, 6) is 0.919. The number of likely N-dealkylation sites (N-methyl/N-ethyl adjacent to an activating group) is 1. The number of nitrogens with one attached hydrogen (secondary N) is 1. The van der Waals surface area contributed by atoms with Crippen molar-refractivity contribution >= 4 is 11.6 Å². The molecule has 0 spiro atoms. The molecule has 1 unspecified atom stereocenters. The molecule has 1 aromatic rings. The van der Waals surface area contributed by atoms with Crippen LogP contribution in [0.2, 0.25) is 5.02 Å². The number of hydrogen-bond donors (Lipinski definition) is 1. The second-order valence-corrected chi connectivity index (χ2v) is 4.90. The van der Waals surface area contributed by atoms with Crippen LogP contribution in [0.25, 0.3) is 0 Å². The average molecular weight is 255 g/mol. The summed E-state index contributed by atoms with van der Waals surface area (Å²) < 4.78 is 5.36. The van der Waals surface area contributed by atoms with E-state index in [4.69, 9.17) is 16.3 Å². The number of halogens is 1. The quantitative estimate of drug-likeness (QED) is 0.891. The number of benzene rings is 1. The van der Waals surface area contributed by atoms with Gasteiger partial charge in [-0.1, -0.05) is 11.6 Å². The Bertz CT molecular complexity index is 384. The zero-order chi connectivity index (χ0) is 12.3. The summed E-state index contributed by atoms with van der Waals surface area (Å²) in [6, 6.07) is 6.40. The van der Waals surface area contributed by atoms with E-state index in [2.05, 4.69) is 10.2 Å². The third kappa shape index (κ3) is 3.12. The maximum atomic E-state index is 6.03. The van der Waals surface area contributed by atoms with Gasteiger partial charge in [-0.15, -0.1) is 0 Å². The van der Waals surface area contributed by atoms with Crippen molar-refractivity contribution < 1.29 is 4.74 Å². The van der Waals surface area contributed by atoms with Crippen molar-refractivity contribution in [3.05, 3.63) is 28.8 Å². The lowest BCUT2D eigenvalue weighted by molar-refractivity contribution is 0.313. The molecule has 0 amide bonds. The molecule has 0 bridgehead atoms. The number of hydrogen-bond acceptors (Lipinski definition) is 3. The topological polar surface area (TPSA) is 24.5 Å². The zero-order valence-electron chi connectivity index (χ0n) is 10.4. The van der Waals surface area contributed by atoms with Crippen molar-refractivity contribution in [3.8, 4) is 5.75 Å². The van der Waals surface area contributed by atoms with Crippen LogP contribution in [0.5, 0.6) is 5.75 Å². The normalized spacial score (nSPS) is 20.8. The van der Waals surface area contributed by atoms with Crippen molar-refractivity contribution in [2.24, 2.45) is 0 Å². The van der Waals surface area contributed by atoms with Crippen LogP contribution in [-0.2, 0) is 6.54 Å². The van der Waals surface area contributed by atoms with Gasteiger partial charge in [0.1, 0.15) is 5.75 Å². The Morgan fingerprint density at radius 3 is 3.00 bits per heavy atom. The van der Waals surface area contributed by atoms with Gasteiger partial charge in [0.05, 0.1) is 7.11 Å². The molecule has 4 heteroatoms. The van der Waals surface area contributed by atoms with Crippen molar-refractivity contribution in [1.29, 1.82) is 0 Å². The van der Waals surface area contributed by atoms with Gasteiger partial charge in [-0.25, -0.2) is 0 Å². The SMILES string of the molecule is CNC1CCN(Cc2cc(Cl)ccc2OC)C1. The maximum absolute atomic E-state index is 6.03. The fraction of sp³-hybridized carbons (Fsp3) is 0.538. The second kappa shape index (κ2) is 5.71. The minimum atomic E-state index is 0.611. The highest BCUT2D eigenvalue weighted by Gasteiger charge is 2.21. The first-order valence-corrected chi connectivity index (χ1v) is 6.32. The Labute approximate surface area is 108 Å². The van der Waals surface area contributed by atoms with Crippen molar-refractivity contribution in [2.75, 3.05) is 27.2 Å². The van der Waals surface area contributed by atoms with Crippen molar-refractivity contribution in [3.63, 3.8) is 0 Å². The van der Waals surface area contributed by atoms with Gasteiger partial charge in [-0.05, 0) is 31.7 Å². The number of nitrogens with zero attached hydrogens (tertiary/aromatic N) is 1. The zero-order valence-corrected chi connectivity index (χ0v) is 11.1. The van der Waals surface area contributed by atoms with E-state index in [9.17, 15) is 0 Å². The van der Waals surface area contributed by atoms with Crippen LogP contribution in [0, 0.1) is 0 Å². The highest BCUT2D eigenvalue weighted by molar-refractivity contribution is 6.30. The molecule has 1 saturated heterocycles. The van der Waals surface area contributed by atoms with Crippen LogP contribution >= 0.6 is 11.6 Å². The third-order valence-electron chi connectivity index (χ3n) is 3.32. The molecule has 94 valence electrons. The van der Waals surface area contributed by atoms with Gasteiger partial charge in [0.2, 0.25) is 0 Å². The molecule has 1 heterocycles. The molecule has 0 radical (unpaired) electrons. The van der Waals surface area contributed by atoms with Crippen LogP contribution in [0.3, 0.4) is 0 Å². The molecule has 0 saturated carbocycles. The molecule has 1 N–H and O–H groups in total. The van der Waals surface area contributed by atoms with Crippen LogP contribution in [0.4, 0.5) is 0 Å². The van der Waals surface area contributed by atoms with E-state index >= 15 is 0 Å². The predicted octanol–water partition coefficient (Wildman–Crippen LogP) is 2.14. The second-order valence-electron chi connectivity index (χ2n) is 4.47. The fourth-order valence-electron chi connectivity index (χ4n) is 2.32. The van der Waals surface area contributed by atoms with Crippen LogP contribution < -0.4 is 10.1 Å². The molecule has 0 aliphatic carbocycles. The van der Waals surface area contributed by atoms with Crippen LogP contribution in [0.1, 0.15) is 12.0 Å². The molecule has 1 aliphatic heterocycles. The van der Waals surface area contributed by atoms with E-state index in [0.717, 1.165) is 36.0 Å². The van der Waals surface area contributed by atoms with Gasteiger partial charge in [-0.2, -0.15) is 0 Å². The van der Waals surface area contributed by atoms with Crippen LogP contribution in [0.15, 0.2) is 18.2 Å². The number of ether oxygens (including phenoxy) is 1. The maximum Gasteiger partial charge on any atom is 0.123 e. The highest BCUT2D eigenvalue weighted by atomic mass is 35.5. The summed E-state index contributed by atoms with van der Waals surface area (Å²) in [6.07, 6.45) is 1.21. The van der Waals surface area contributed by atoms with Gasteiger partial charge in [0.15, 0.2) is 0 Å². The lowest BCUT2D eigenvalue weighted by Crippen LogP contribution is -2.29. The highest BCUT2D eigenvalue weighted by Crippen LogP contribution is 2.25. The Hall–Kier alpha value is -0.770. The first-order chi connectivity index (χ1) is 8.22. The number of rotatable bonds is 4. The van der Waals surface area contributed by atoms with Gasteiger partial charge >= 0.3 is 0 Å². The van der Waals surface area contributed by atoms with E-state index in [1.165, 1.54) is 6.42 Å². The largest absolute Gasteiger partial charge is 0.496 e. The summed E-state index contributed by atoms with van der Waals surface area (Å²) in [5, 5.41) is 4.09. The number of likely N-dealkylation sites (tertiary alicyclic amines) is 1. The molecule has 3 nitrogen and oxygen atoms in total. The third-order valence-corrected chi connectivity index (χ3v) is 3.55. The molecule has 1 fully saturated rings. The van der Waals surface area contributed by atoms with E-state index in [1.807, 2.05) is 25.2 Å². The Kier molecular flexibility index (Phi) is 4.26. The van der Waals surface area contributed by atoms with Crippen molar-refractivity contribution in [2.45, 2.75) is 19.0 Å². The monoisotopic (exact) mass is 254 g/mol. The van der Waals surface area contributed by atoms with Crippen molar-refractivity contribution in [1.82, 2.24) is 10.2 Å². The molecule has 0 aromatic heterocycles. The molecule has 1 aromatic carbocycles. The summed E-state index contributed by atoms with van der Waals surface area (Å²) in [4.78, 5) is 2.43. The Morgan fingerprint density at radius 1 is 1.53 bits per heavy atom. The summed E-state index contributed by atoms with van der Waals surface area (Å²) >= 11 is 6.03.